The molecule has 0 atom stereocenters. The van der Waals surface area contributed by atoms with Crippen molar-refractivity contribution in [3.05, 3.63) is 59.4 Å². The number of nitrogen functional groups attached to an aromatic ring is 1. The van der Waals surface area contributed by atoms with Gasteiger partial charge in [0.15, 0.2) is 0 Å². The molecule has 0 aliphatic rings. The number of benzene rings is 2. The Balaban J connectivity index is 1.73. The van der Waals surface area contributed by atoms with E-state index in [0.717, 1.165) is 78.1 Å². The van der Waals surface area contributed by atoms with Crippen LogP contribution < -0.4 is 10.6 Å². The van der Waals surface area contributed by atoms with Crippen LogP contribution in [0, 0.1) is 27.7 Å². The molecule has 170 valence electrons. The summed E-state index contributed by atoms with van der Waals surface area (Å²) in [5.74, 6) is 8.58. The Bertz CT molecular complexity index is 1740. The third kappa shape index (κ3) is 2.68. The highest BCUT2D eigenvalue weighted by molar-refractivity contribution is 6.16. The fourth-order valence-electron chi connectivity index (χ4n) is 5.04. The molecule has 0 fully saturated rings. The minimum Gasteiger partial charge on any atom is -0.496 e. The highest BCUT2D eigenvalue weighted by Gasteiger charge is 2.23. The zero-order valence-corrected chi connectivity index (χ0v) is 19.6. The van der Waals surface area contributed by atoms with Crippen LogP contribution in [0.4, 0.5) is 0 Å². The molecule has 0 amide bonds. The minimum absolute atomic E-state index is 0.681. The molecule has 0 spiro atoms. The van der Waals surface area contributed by atoms with E-state index in [1.54, 1.807) is 11.8 Å². The molecule has 0 unspecified atom stereocenters. The second-order valence-corrected chi connectivity index (χ2v) is 8.61. The van der Waals surface area contributed by atoms with Crippen molar-refractivity contribution in [1.82, 2.24) is 24.8 Å². The fourth-order valence-corrected chi connectivity index (χ4v) is 5.04. The summed E-state index contributed by atoms with van der Waals surface area (Å²) >= 11 is 0. The van der Waals surface area contributed by atoms with Gasteiger partial charge in [-0.2, -0.15) is 0 Å². The summed E-state index contributed by atoms with van der Waals surface area (Å²) in [6.07, 6.45) is 0. The minimum atomic E-state index is 0.681. The van der Waals surface area contributed by atoms with Gasteiger partial charge in [0.1, 0.15) is 23.0 Å². The first-order valence-electron chi connectivity index (χ1n) is 11.1. The van der Waals surface area contributed by atoms with Gasteiger partial charge >= 0.3 is 0 Å². The number of para-hydroxylation sites is 1. The third-order valence-electron chi connectivity index (χ3n) is 6.58. The molecule has 4 aromatic heterocycles. The van der Waals surface area contributed by atoms with Crippen LogP contribution in [0.25, 0.3) is 55.2 Å². The number of hydrogen-bond acceptors (Lipinski definition) is 6. The molecule has 34 heavy (non-hydrogen) atoms. The maximum absolute atomic E-state index is 6.43. The number of methoxy groups -OCH3 is 1. The van der Waals surface area contributed by atoms with Crippen molar-refractivity contribution in [2.75, 3.05) is 13.0 Å². The van der Waals surface area contributed by atoms with E-state index in [9.17, 15) is 0 Å². The topological polar surface area (TPSA) is 108 Å². The molecule has 6 rings (SSSR count). The Kier molecular flexibility index (Phi) is 4.23. The molecule has 4 heterocycles. The number of H-pyrrole nitrogens is 1. The number of ether oxygens (including phenoxy) is 1. The summed E-state index contributed by atoms with van der Waals surface area (Å²) in [4.78, 5) is 13.1. The second kappa shape index (κ2) is 7.08. The Hall–Kier alpha value is -4.33. The van der Waals surface area contributed by atoms with Crippen LogP contribution in [0.15, 0.2) is 40.9 Å². The highest BCUT2D eigenvalue weighted by Crippen LogP contribution is 2.43. The average Bonchev–Trinajstić information content (AvgIpc) is 3.43. The van der Waals surface area contributed by atoms with E-state index in [2.05, 4.69) is 22.3 Å². The summed E-state index contributed by atoms with van der Waals surface area (Å²) < 4.78 is 13.0. The molecule has 0 radical (unpaired) electrons. The number of aromatic amines is 1. The van der Waals surface area contributed by atoms with Crippen LogP contribution in [0.5, 0.6) is 5.75 Å². The number of hydrogen-bond donors (Lipinski definition) is 2. The van der Waals surface area contributed by atoms with E-state index in [1.807, 2.05) is 52.0 Å². The maximum atomic E-state index is 6.43. The van der Waals surface area contributed by atoms with E-state index >= 15 is 0 Å². The molecule has 8 heteroatoms. The first kappa shape index (κ1) is 20.3. The molecule has 0 bridgehead atoms. The van der Waals surface area contributed by atoms with E-state index < -0.39 is 0 Å². The Morgan fingerprint density at radius 2 is 1.79 bits per heavy atom. The molecule has 8 nitrogen and oxygen atoms in total. The van der Waals surface area contributed by atoms with E-state index in [-0.39, 0.29) is 0 Å². The number of nitrogens with one attached hydrogen (secondary N) is 1. The first-order valence-corrected chi connectivity index (χ1v) is 11.1. The maximum Gasteiger partial charge on any atom is 0.142 e. The van der Waals surface area contributed by atoms with Gasteiger partial charge in [0.2, 0.25) is 0 Å². The van der Waals surface area contributed by atoms with Crippen molar-refractivity contribution in [2.24, 2.45) is 0 Å². The lowest BCUT2D eigenvalue weighted by atomic mass is 9.99. The Labute approximate surface area is 195 Å². The van der Waals surface area contributed by atoms with Crippen molar-refractivity contribution < 1.29 is 9.26 Å². The number of rotatable bonds is 3. The monoisotopic (exact) mass is 452 g/mol. The second-order valence-electron chi connectivity index (χ2n) is 8.61. The van der Waals surface area contributed by atoms with Gasteiger partial charge < -0.3 is 20.1 Å². The zero-order valence-electron chi connectivity index (χ0n) is 19.6. The van der Waals surface area contributed by atoms with Crippen molar-refractivity contribution in [2.45, 2.75) is 27.7 Å². The van der Waals surface area contributed by atoms with Gasteiger partial charge in [-0.15, -0.1) is 0 Å². The molecule has 0 aliphatic heterocycles. The van der Waals surface area contributed by atoms with E-state index in [4.69, 9.17) is 25.1 Å². The molecule has 0 saturated carbocycles. The standard InChI is InChI=1S/C26H24N6O2/c1-12-22(14(3)34-31-12)18-10-19-17(11-21(18)33-5)24-25(28-15(4)29-26(24)30-19)23-13(2)32(27)20-9-7-6-8-16(20)23/h6-11H,27H2,1-5H3,(H,28,29,30). The predicted molar refractivity (Wildman–Crippen MR) is 133 cm³/mol. The van der Waals surface area contributed by atoms with Gasteiger partial charge in [-0.25, -0.2) is 9.97 Å². The molecule has 3 N–H and O–H groups in total. The van der Waals surface area contributed by atoms with Crippen LogP contribution in [-0.4, -0.2) is 31.9 Å². The SMILES string of the molecule is COc1cc2c(cc1-c1c(C)noc1C)[nH]c1nc(C)nc(-c3c(C)n(N)c4ccccc34)c12. The molecule has 0 saturated heterocycles. The summed E-state index contributed by atoms with van der Waals surface area (Å²) in [7, 11) is 1.67. The molecule has 0 aliphatic carbocycles. The van der Waals surface area contributed by atoms with Gasteiger partial charge in [0.05, 0.1) is 35.0 Å². The van der Waals surface area contributed by atoms with Gasteiger partial charge in [0, 0.05) is 33.1 Å². The van der Waals surface area contributed by atoms with Crippen molar-refractivity contribution >= 4 is 32.8 Å². The van der Waals surface area contributed by atoms with Gasteiger partial charge in [0.25, 0.3) is 0 Å². The number of nitrogens with two attached hydrogens (primary N) is 1. The summed E-state index contributed by atoms with van der Waals surface area (Å²) in [5.41, 5.74) is 8.10. The first-order chi connectivity index (χ1) is 16.4. The van der Waals surface area contributed by atoms with Crippen LogP contribution in [0.2, 0.25) is 0 Å². The third-order valence-corrected chi connectivity index (χ3v) is 6.58. The number of aryl methyl sites for hydroxylation is 3. The number of aromatic nitrogens is 5. The quantitative estimate of drug-likeness (QED) is 0.351. The van der Waals surface area contributed by atoms with Crippen LogP contribution in [-0.2, 0) is 0 Å². The zero-order chi connectivity index (χ0) is 23.7. The fraction of sp³-hybridized carbons (Fsp3) is 0.192. The van der Waals surface area contributed by atoms with Crippen molar-refractivity contribution in [1.29, 1.82) is 0 Å². The van der Waals surface area contributed by atoms with Crippen molar-refractivity contribution in [3.8, 4) is 28.1 Å². The lowest BCUT2D eigenvalue weighted by molar-refractivity contribution is 0.393. The van der Waals surface area contributed by atoms with Gasteiger partial charge in [-0.1, -0.05) is 23.4 Å². The summed E-state index contributed by atoms with van der Waals surface area (Å²) in [5, 5.41) is 7.08. The molecular formula is C26H24N6O2. The van der Waals surface area contributed by atoms with Crippen molar-refractivity contribution in [3.63, 3.8) is 0 Å². The molecule has 6 aromatic rings. The lowest BCUT2D eigenvalue weighted by Crippen LogP contribution is -2.09. The number of fused-ring (bicyclic) bond motifs is 4. The summed E-state index contributed by atoms with van der Waals surface area (Å²) in [6.45, 7) is 7.76. The van der Waals surface area contributed by atoms with E-state index in [0.29, 0.717) is 5.82 Å². The lowest BCUT2D eigenvalue weighted by Gasteiger charge is -2.10. The summed E-state index contributed by atoms with van der Waals surface area (Å²) in [6, 6.07) is 12.2. The Morgan fingerprint density at radius 1 is 1.00 bits per heavy atom. The molecular weight excluding hydrogens is 428 g/mol. The van der Waals surface area contributed by atoms with Gasteiger partial charge in [-0.05, 0) is 45.9 Å². The predicted octanol–water partition coefficient (Wildman–Crippen LogP) is 5.34. The Morgan fingerprint density at radius 3 is 2.53 bits per heavy atom. The highest BCUT2D eigenvalue weighted by atomic mass is 16.5. The normalized spacial score (nSPS) is 11.8. The van der Waals surface area contributed by atoms with Gasteiger partial charge in [-0.3, -0.25) is 4.68 Å². The van der Waals surface area contributed by atoms with Crippen LogP contribution in [0.3, 0.4) is 0 Å². The van der Waals surface area contributed by atoms with E-state index in [1.165, 1.54) is 0 Å². The average molecular weight is 453 g/mol. The van der Waals surface area contributed by atoms with Crippen LogP contribution >= 0.6 is 0 Å². The van der Waals surface area contributed by atoms with Crippen LogP contribution in [0.1, 0.15) is 23.0 Å². The largest absolute Gasteiger partial charge is 0.496 e. The smallest absolute Gasteiger partial charge is 0.142 e. The molecule has 2 aromatic carbocycles. The number of nitrogens with zero attached hydrogens (tertiary/aromatic N) is 4.